The van der Waals surface area contributed by atoms with Gasteiger partial charge in [0, 0.05) is 12.6 Å². The minimum Gasteiger partial charge on any atom is -0.489 e. The number of sulfone groups is 1. The Morgan fingerprint density at radius 3 is 2.56 bits per heavy atom. The van der Waals surface area contributed by atoms with Crippen molar-refractivity contribution in [2.45, 2.75) is 38.8 Å². The van der Waals surface area contributed by atoms with Crippen LogP contribution in [0, 0.1) is 0 Å². The molecule has 1 fully saturated rings. The maximum absolute atomic E-state index is 12.7. The monoisotopic (exact) mass is 459 g/mol. The van der Waals surface area contributed by atoms with E-state index in [9.17, 15) is 18.0 Å². The Hall–Kier alpha value is -2.87. The van der Waals surface area contributed by atoms with Crippen molar-refractivity contribution < 1.29 is 27.5 Å². The highest BCUT2D eigenvalue weighted by Gasteiger charge is 2.34. The van der Waals surface area contributed by atoms with Gasteiger partial charge in [0.1, 0.15) is 12.4 Å². The number of hydrogen-bond acceptors (Lipinski definition) is 6. The van der Waals surface area contributed by atoms with Gasteiger partial charge in [-0.25, -0.2) is 13.2 Å². The molecule has 1 atom stereocenters. The number of carbonyl (C=O) groups excluding carboxylic acids is 2. The SMILES string of the molecule is CCCCN(C(=O)COC(=O)c1cccc(OCc2ccccc2)c1)C1CCS(=O)(=O)C1. The highest BCUT2D eigenvalue weighted by Crippen LogP contribution is 2.19. The lowest BCUT2D eigenvalue weighted by atomic mass is 10.2. The van der Waals surface area contributed by atoms with E-state index in [1.165, 1.54) is 0 Å². The molecule has 7 nitrogen and oxygen atoms in total. The topological polar surface area (TPSA) is 90.0 Å². The standard InChI is InChI=1S/C24H29NO6S/c1-2-3-13-25(21-12-14-32(28,29)18-21)23(26)17-31-24(27)20-10-7-11-22(15-20)30-16-19-8-5-4-6-9-19/h4-11,15,21H,2-3,12-14,16-18H2,1H3. The fourth-order valence-corrected chi connectivity index (χ4v) is 5.34. The Labute approximate surface area is 189 Å². The molecule has 3 rings (SSSR count). The maximum atomic E-state index is 12.7. The van der Waals surface area contributed by atoms with E-state index < -0.39 is 22.4 Å². The van der Waals surface area contributed by atoms with Gasteiger partial charge in [-0.05, 0) is 36.6 Å². The van der Waals surface area contributed by atoms with Gasteiger partial charge in [0.25, 0.3) is 5.91 Å². The van der Waals surface area contributed by atoms with Crippen LogP contribution in [0.15, 0.2) is 54.6 Å². The van der Waals surface area contributed by atoms with Crippen LogP contribution < -0.4 is 4.74 Å². The molecule has 0 bridgehead atoms. The van der Waals surface area contributed by atoms with Crippen molar-refractivity contribution in [3.05, 3.63) is 65.7 Å². The lowest BCUT2D eigenvalue weighted by Gasteiger charge is -2.28. The second-order valence-corrected chi connectivity index (χ2v) is 10.1. The summed E-state index contributed by atoms with van der Waals surface area (Å²) in [6.07, 6.45) is 2.06. The van der Waals surface area contributed by atoms with Crippen LogP contribution in [0.3, 0.4) is 0 Å². The number of esters is 1. The van der Waals surface area contributed by atoms with Gasteiger partial charge in [-0.1, -0.05) is 49.7 Å². The number of ether oxygens (including phenoxy) is 2. The molecule has 8 heteroatoms. The minimum absolute atomic E-state index is 0.0306. The average Bonchev–Trinajstić information content (AvgIpc) is 3.16. The molecule has 1 heterocycles. The summed E-state index contributed by atoms with van der Waals surface area (Å²) >= 11 is 0. The Kier molecular flexibility index (Phi) is 8.27. The number of amides is 1. The van der Waals surface area contributed by atoms with Crippen molar-refractivity contribution in [3.8, 4) is 5.75 Å². The zero-order valence-electron chi connectivity index (χ0n) is 18.2. The third-order valence-electron chi connectivity index (χ3n) is 5.37. The summed E-state index contributed by atoms with van der Waals surface area (Å²) in [4.78, 5) is 26.8. The number of benzene rings is 2. The molecule has 0 aromatic heterocycles. The molecule has 0 radical (unpaired) electrons. The van der Waals surface area contributed by atoms with E-state index in [-0.39, 0.29) is 29.0 Å². The van der Waals surface area contributed by atoms with Gasteiger partial charge in [0.05, 0.1) is 17.1 Å². The van der Waals surface area contributed by atoms with Gasteiger partial charge in [-0.2, -0.15) is 0 Å². The predicted octanol–water partition coefficient (Wildman–Crippen LogP) is 3.24. The Bertz CT molecular complexity index is 1020. The molecule has 1 aliphatic rings. The molecule has 2 aromatic rings. The van der Waals surface area contributed by atoms with Crippen molar-refractivity contribution in [2.24, 2.45) is 0 Å². The predicted molar refractivity (Wildman–Crippen MR) is 121 cm³/mol. The summed E-state index contributed by atoms with van der Waals surface area (Å²) in [5.74, 6) is -0.418. The number of hydrogen-bond donors (Lipinski definition) is 0. The molecular formula is C24H29NO6S. The first-order valence-electron chi connectivity index (χ1n) is 10.8. The van der Waals surface area contributed by atoms with E-state index in [1.807, 2.05) is 37.3 Å². The Morgan fingerprint density at radius 1 is 1.09 bits per heavy atom. The summed E-state index contributed by atoms with van der Waals surface area (Å²) < 4.78 is 34.7. The summed E-state index contributed by atoms with van der Waals surface area (Å²) in [6, 6.07) is 15.9. The summed E-state index contributed by atoms with van der Waals surface area (Å²) in [5, 5.41) is 0. The van der Waals surface area contributed by atoms with Crippen LogP contribution in [0.2, 0.25) is 0 Å². The van der Waals surface area contributed by atoms with Gasteiger partial charge in [0.15, 0.2) is 16.4 Å². The highest BCUT2D eigenvalue weighted by atomic mass is 32.2. The number of rotatable bonds is 10. The first kappa shape index (κ1) is 23.8. The van der Waals surface area contributed by atoms with Crippen molar-refractivity contribution in [3.63, 3.8) is 0 Å². The van der Waals surface area contributed by atoms with Crippen LogP contribution in [0.5, 0.6) is 5.75 Å². The number of carbonyl (C=O) groups is 2. The van der Waals surface area contributed by atoms with Gasteiger partial charge in [-0.15, -0.1) is 0 Å². The lowest BCUT2D eigenvalue weighted by Crippen LogP contribution is -2.43. The van der Waals surface area contributed by atoms with Crippen LogP contribution in [0.4, 0.5) is 0 Å². The molecule has 1 saturated heterocycles. The molecule has 172 valence electrons. The fourth-order valence-electron chi connectivity index (χ4n) is 3.61. The summed E-state index contributed by atoms with van der Waals surface area (Å²) in [5.41, 5.74) is 1.29. The zero-order chi connectivity index (χ0) is 23.0. The van der Waals surface area contributed by atoms with E-state index in [0.717, 1.165) is 18.4 Å². The van der Waals surface area contributed by atoms with Gasteiger partial charge in [0.2, 0.25) is 0 Å². The minimum atomic E-state index is -3.12. The smallest absolute Gasteiger partial charge is 0.338 e. The van der Waals surface area contributed by atoms with E-state index in [1.54, 1.807) is 29.2 Å². The van der Waals surface area contributed by atoms with E-state index in [4.69, 9.17) is 9.47 Å². The lowest BCUT2D eigenvalue weighted by molar-refractivity contribution is -0.136. The second kappa shape index (κ2) is 11.1. The second-order valence-electron chi connectivity index (χ2n) is 7.88. The van der Waals surface area contributed by atoms with E-state index in [0.29, 0.717) is 25.3 Å². The molecule has 0 saturated carbocycles. The summed E-state index contributed by atoms with van der Waals surface area (Å²) in [7, 11) is -3.12. The van der Waals surface area contributed by atoms with Crippen molar-refractivity contribution in [1.82, 2.24) is 4.90 Å². The normalized spacial score (nSPS) is 17.0. The Balaban J connectivity index is 1.56. The van der Waals surface area contributed by atoms with E-state index in [2.05, 4.69) is 0 Å². The maximum Gasteiger partial charge on any atom is 0.338 e. The number of unbranched alkanes of at least 4 members (excludes halogenated alkanes) is 1. The molecule has 0 spiro atoms. The number of nitrogens with zero attached hydrogens (tertiary/aromatic N) is 1. The van der Waals surface area contributed by atoms with Crippen LogP contribution in [0.1, 0.15) is 42.1 Å². The van der Waals surface area contributed by atoms with Crippen molar-refractivity contribution in [2.75, 3.05) is 24.7 Å². The fraction of sp³-hybridized carbons (Fsp3) is 0.417. The third kappa shape index (κ3) is 6.82. The molecule has 0 N–H and O–H groups in total. The molecule has 32 heavy (non-hydrogen) atoms. The Morgan fingerprint density at radius 2 is 1.88 bits per heavy atom. The third-order valence-corrected chi connectivity index (χ3v) is 7.12. The van der Waals surface area contributed by atoms with Crippen LogP contribution in [-0.2, 0) is 26.0 Å². The average molecular weight is 460 g/mol. The van der Waals surface area contributed by atoms with Crippen LogP contribution >= 0.6 is 0 Å². The quantitative estimate of drug-likeness (QED) is 0.507. The van der Waals surface area contributed by atoms with Gasteiger partial charge in [-0.3, -0.25) is 4.79 Å². The van der Waals surface area contributed by atoms with Crippen LogP contribution in [0.25, 0.3) is 0 Å². The first-order chi connectivity index (χ1) is 15.4. The molecule has 0 aliphatic carbocycles. The van der Waals surface area contributed by atoms with Crippen molar-refractivity contribution >= 4 is 21.7 Å². The highest BCUT2D eigenvalue weighted by molar-refractivity contribution is 7.91. The first-order valence-corrected chi connectivity index (χ1v) is 12.6. The molecule has 1 unspecified atom stereocenters. The summed E-state index contributed by atoms with van der Waals surface area (Å²) in [6.45, 7) is 2.40. The van der Waals surface area contributed by atoms with E-state index >= 15 is 0 Å². The van der Waals surface area contributed by atoms with Gasteiger partial charge >= 0.3 is 5.97 Å². The van der Waals surface area contributed by atoms with Gasteiger partial charge < -0.3 is 14.4 Å². The zero-order valence-corrected chi connectivity index (χ0v) is 19.1. The molecule has 1 aliphatic heterocycles. The molecular weight excluding hydrogens is 430 g/mol. The van der Waals surface area contributed by atoms with Crippen molar-refractivity contribution in [1.29, 1.82) is 0 Å². The molecule has 2 aromatic carbocycles. The largest absolute Gasteiger partial charge is 0.489 e. The van der Waals surface area contributed by atoms with Crippen LogP contribution in [-0.4, -0.2) is 55.9 Å². The molecule has 1 amide bonds.